The Morgan fingerprint density at radius 3 is 2.14 bits per heavy atom. The quantitative estimate of drug-likeness (QED) is 0.711. The van der Waals surface area contributed by atoms with Gasteiger partial charge >= 0.3 is 12.1 Å². The Labute approximate surface area is 165 Å². The molecule has 0 aliphatic rings. The molecule has 152 valence electrons. The van der Waals surface area contributed by atoms with Crippen molar-refractivity contribution < 1.29 is 23.9 Å². The van der Waals surface area contributed by atoms with Gasteiger partial charge in [-0.3, -0.25) is 9.59 Å². The van der Waals surface area contributed by atoms with Gasteiger partial charge in [-0.2, -0.15) is 5.26 Å². The van der Waals surface area contributed by atoms with E-state index in [0.717, 1.165) is 4.90 Å². The average molecular weight is 389 g/mol. The van der Waals surface area contributed by atoms with Crippen LogP contribution in [0.2, 0.25) is 0 Å². The molecule has 2 atom stereocenters. The minimum Gasteiger partial charge on any atom is -0.469 e. The first kappa shape index (κ1) is 23.1. The average Bonchev–Trinajstić information content (AvgIpc) is 2.65. The summed E-state index contributed by atoms with van der Waals surface area (Å²) in [6.07, 6.45) is -1.64. The highest BCUT2D eigenvalue weighted by atomic mass is 16.6. The van der Waals surface area contributed by atoms with Gasteiger partial charge in [-0.25, -0.2) is 9.69 Å². The number of carbonyl (C=O) groups is 3. The summed E-state index contributed by atoms with van der Waals surface area (Å²) in [6.45, 7) is 6.82. The summed E-state index contributed by atoms with van der Waals surface area (Å²) in [6, 6.07) is 6.29. The van der Waals surface area contributed by atoms with Gasteiger partial charge in [-0.15, -0.1) is 0 Å². The van der Waals surface area contributed by atoms with E-state index in [-0.39, 0.29) is 12.3 Å². The van der Waals surface area contributed by atoms with Crippen LogP contribution in [0, 0.1) is 17.2 Å². The van der Waals surface area contributed by atoms with Crippen LogP contribution in [0.3, 0.4) is 0 Å². The Hall–Kier alpha value is -2.92. The van der Waals surface area contributed by atoms with E-state index in [1.165, 1.54) is 7.11 Å². The van der Waals surface area contributed by atoms with Crippen molar-refractivity contribution >= 4 is 18.0 Å². The van der Waals surface area contributed by atoms with Crippen LogP contribution in [0.4, 0.5) is 4.79 Å². The van der Waals surface area contributed by atoms with Gasteiger partial charge in [-0.05, 0) is 37.5 Å². The van der Waals surface area contributed by atoms with Gasteiger partial charge in [0.1, 0.15) is 0 Å². The molecule has 8 heteroatoms. The zero-order valence-corrected chi connectivity index (χ0v) is 16.8. The van der Waals surface area contributed by atoms with Crippen LogP contribution < -0.4 is 5.73 Å². The van der Waals surface area contributed by atoms with Crippen molar-refractivity contribution in [1.29, 1.82) is 5.26 Å². The third-order valence-electron chi connectivity index (χ3n) is 4.10. The maximum Gasteiger partial charge on any atom is 0.417 e. The topological polar surface area (TPSA) is 123 Å². The Morgan fingerprint density at radius 1 is 1.14 bits per heavy atom. The third-order valence-corrected chi connectivity index (χ3v) is 4.10. The number of methoxy groups -OCH3 is 1. The van der Waals surface area contributed by atoms with Crippen molar-refractivity contribution in [3.05, 3.63) is 35.4 Å². The molecule has 2 N–H and O–H groups in total. The van der Waals surface area contributed by atoms with E-state index in [1.807, 2.05) is 6.07 Å². The highest BCUT2D eigenvalue weighted by Crippen LogP contribution is 2.28. The van der Waals surface area contributed by atoms with E-state index in [1.54, 1.807) is 52.0 Å². The molecular weight excluding hydrogens is 362 g/mol. The summed E-state index contributed by atoms with van der Waals surface area (Å²) in [7, 11) is 1.22. The van der Waals surface area contributed by atoms with E-state index in [0.29, 0.717) is 11.1 Å². The number of nitriles is 1. The normalized spacial score (nSPS) is 12.8. The van der Waals surface area contributed by atoms with Gasteiger partial charge in [-0.1, -0.05) is 26.0 Å². The monoisotopic (exact) mass is 389 g/mol. The van der Waals surface area contributed by atoms with E-state index in [9.17, 15) is 14.4 Å². The second-order valence-electron chi connectivity index (χ2n) is 6.94. The fourth-order valence-corrected chi connectivity index (χ4v) is 2.45. The molecule has 8 nitrogen and oxygen atoms in total. The molecule has 0 aromatic heterocycles. The lowest BCUT2D eigenvalue weighted by molar-refractivity contribution is -0.143. The van der Waals surface area contributed by atoms with Crippen molar-refractivity contribution in [2.45, 2.75) is 52.3 Å². The SMILES string of the molecule is COC(=O)C[C@H](c1ccc(C#N)cc1)N(C(=O)OC(C)C)C(=O)[C@@H](N)C(C)C. The molecule has 0 aliphatic carbocycles. The van der Waals surface area contributed by atoms with Gasteiger partial charge in [0.2, 0.25) is 5.91 Å². The van der Waals surface area contributed by atoms with Crippen LogP contribution in [0.15, 0.2) is 24.3 Å². The fourth-order valence-electron chi connectivity index (χ4n) is 2.45. The second kappa shape index (κ2) is 10.4. The summed E-state index contributed by atoms with van der Waals surface area (Å²) in [5.74, 6) is -1.50. The first-order valence-corrected chi connectivity index (χ1v) is 8.98. The molecule has 0 aliphatic heterocycles. The molecule has 1 aromatic rings. The fraction of sp³-hybridized carbons (Fsp3) is 0.500. The summed E-state index contributed by atoms with van der Waals surface area (Å²) in [4.78, 5) is 38.6. The highest BCUT2D eigenvalue weighted by molar-refractivity contribution is 5.96. The molecule has 28 heavy (non-hydrogen) atoms. The van der Waals surface area contributed by atoms with Crippen LogP contribution in [-0.4, -0.2) is 42.1 Å². The third kappa shape index (κ3) is 6.06. The summed E-state index contributed by atoms with van der Waals surface area (Å²) in [5, 5.41) is 8.99. The molecule has 1 rings (SSSR count). The van der Waals surface area contributed by atoms with E-state index in [4.69, 9.17) is 20.5 Å². The predicted octanol–water partition coefficient (Wildman–Crippen LogP) is 2.52. The Bertz CT molecular complexity index is 737. The van der Waals surface area contributed by atoms with Crippen molar-refractivity contribution in [3.8, 4) is 6.07 Å². The molecule has 0 spiro atoms. The number of imide groups is 1. The van der Waals surface area contributed by atoms with Crippen LogP contribution in [0.25, 0.3) is 0 Å². The number of benzene rings is 1. The number of hydrogen-bond donors (Lipinski definition) is 1. The zero-order valence-electron chi connectivity index (χ0n) is 16.8. The van der Waals surface area contributed by atoms with Crippen LogP contribution >= 0.6 is 0 Å². The second-order valence-corrected chi connectivity index (χ2v) is 6.94. The van der Waals surface area contributed by atoms with Gasteiger partial charge in [0, 0.05) is 0 Å². The molecular formula is C20H27N3O5. The number of ether oxygens (including phenoxy) is 2. The number of amides is 2. The standard InChI is InChI=1S/C20H27N3O5/c1-12(2)18(22)19(25)23(20(26)28-13(3)4)16(10-17(24)27-5)15-8-6-14(11-21)7-9-15/h6-9,12-13,16,18H,10,22H2,1-5H3/t16-,18+/m1/s1. The lowest BCUT2D eigenvalue weighted by Crippen LogP contribution is -2.51. The maximum atomic E-state index is 13.0. The highest BCUT2D eigenvalue weighted by Gasteiger charge is 2.37. The first-order valence-electron chi connectivity index (χ1n) is 8.98. The molecule has 0 saturated carbocycles. The van der Waals surface area contributed by atoms with Crippen molar-refractivity contribution in [1.82, 2.24) is 4.90 Å². The minimum absolute atomic E-state index is 0.235. The number of nitrogens with two attached hydrogens (primary N) is 1. The molecule has 1 aromatic carbocycles. The lowest BCUT2D eigenvalue weighted by Gasteiger charge is -2.32. The van der Waals surface area contributed by atoms with Gasteiger partial charge in [0.25, 0.3) is 0 Å². The maximum absolute atomic E-state index is 13.0. The molecule has 2 amide bonds. The first-order chi connectivity index (χ1) is 13.1. The Morgan fingerprint density at radius 2 is 1.71 bits per heavy atom. The van der Waals surface area contributed by atoms with Gasteiger partial charge in [0.05, 0.1) is 43.4 Å². The van der Waals surface area contributed by atoms with E-state index in [2.05, 4.69) is 0 Å². The van der Waals surface area contributed by atoms with Gasteiger partial charge < -0.3 is 15.2 Å². The number of esters is 1. The van der Waals surface area contributed by atoms with Crippen LogP contribution in [0.5, 0.6) is 0 Å². The Balaban J connectivity index is 3.45. The minimum atomic E-state index is -0.983. The van der Waals surface area contributed by atoms with E-state index >= 15 is 0 Å². The van der Waals surface area contributed by atoms with Crippen molar-refractivity contribution in [2.75, 3.05) is 7.11 Å². The molecule has 0 saturated heterocycles. The van der Waals surface area contributed by atoms with Crippen molar-refractivity contribution in [3.63, 3.8) is 0 Å². The Kier molecular flexibility index (Phi) is 8.61. The molecule has 0 heterocycles. The number of hydrogen-bond acceptors (Lipinski definition) is 7. The lowest BCUT2D eigenvalue weighted by atomic mass is 9.98. The molecule has 0 radical (unpaired) electrons. The summed E-state index contributed by atoms with van der Waals surface area (Å²) < 4.78 is 9.97. The summed E-state index contributed by atoms with van der Waals surface area (Å²) >= 11 is 0. The number of carbonyl (C=O) groups excluding carboxylic acids is 3. The van der Waals surface area contributed by atoms with E-state index < -0.39 is 36.2 Å². The van der Waals surface area contributed by atoms with Gasteiger partial charge in [0.15, 0.2) is 0 Å². The number of rotatable bonds is 7. The van der Waals surface area contributed by atoms with Crippen LogP contribution in [0.1, 0.15) is 51.3 Å². The molecule has 0 fully saturated rings. The predicted molar refractivity (Wildman–Crippen MR) is 102 cm³/mol. The largest absolute Gasteiger partial charge is 0.469 e. The zero-order chi connectivity index (χ0) is 21.4. The number of nitrogens with zero attached hydrogens (tertiary/aromatic N) is 2. The smallest absolute Gasteiger partial charge is 0.417 e. The molecule has 0 unspecified atom stereocenters. The van der Waals surface area contributed by atoms with Crippen LogP contribution in [-0.2, 0) is 19.1 Å². The van der Waals surface area contributed by atoms with Crippen molar-refractivity contribution in [2.24, 2.45) is 11.7 Å². The molecule has 0 bridgehead atoms. The summed E-state index contributed by atoms with van der Waals surface area (Å²) in [5.41, 5.74) is 6.88.